The molecule has 2 aromatic rings. The van der Waals surface area contributed by atoms with Gasteiger partial charge in [-0.1, -0.05) is 0 Å². The number of methoxy groups -OCH3 is 1. The van der Waals surface area contributed by atoms with Gasteiger partial charge in [-0.15, -0.1) is 0 Å². The van der Waals surface area contributed by atoms with E-state index < -0.39 is 0 Å². The molecule has 2 atom stereocenters. The Labute approximate surface area is 143 Å². The first-order valence-corrected chi connectivity index (χ1v) is 8.49. The maximum atomic E-state index is 6.03. The number of aromatic nitrogens is 2. The molecule has 0 amide bonds. The zero-order valence-electron chi connectivity index (χ0n) is 15.0. The SMILES string of the molecule is COCc1ccc(CNC[C@H]2CCO[C@@H]2c2c(C)nn(C)c2C)o1. The molecule has 1 fully saturated rings. The van der Waals surface area contributed by atoms with Crippen molar-refractivity contribution in [2.75, 3.05) is 20.3 Å². The summed E-state index contributed by atoms with van der Waals surface area (Å²) >= 11 is 0. The molecule has 3 rings (SSSR count). The van der Waals surface area contributed by atoms with Gasteiger partial charge in [0.1, 0.15) is 18.1 Å². The minimum absolute atomic E-state index is 0.131. The highest BCUT2D eigenvalue weighted by atomic mass is 16.5. The van der Waals surface area contributed by atoms with E-state index in [1.54, 1.807) is 7.11 Å². The summed E-state index contributed by atoms with van der Waals surface area (Å²) in [6.45, 7) is 7.12. The largest absolute Gasteiger partial charge is 0.462 e. The Morgan fingerprint density at radius 1 is 1.33 bits per heavy atom. The van der Waals surface area contributed by atoms with Crippen LogP contribution in [0.5, 0.6) is 0 Å². The van der Waals surface area contributed by atoms with Crippen LogP contribution in [0.25, 0.3) is 0 Å². The zero-order chi connectivity index (χ0) is 17.1. The van der Waals surface area contributed by atoms with Gasteiger partial charge in [0.15, 0.2) is 0 Å². The van der Waals surface area contributed by atoms with E-state index in [0.29, 0.717) is 12.5 Å². The van der Waals surface area contributed by atoms with E-state index in [0.717, 1.165) is 43.3 Å². The number of hydrogen-bond donors (Lipinski definition) is 1. The first-order chi connectivity index (χ1) is 11.6. The minimum atomic E-state index is 0.131. The number of rotatable bonds is 7. The van der Waals surface area contributed by atoms with Crippen LogP contribution in [0.1, 0.15) is 41.0 Å². The first kappa shape index (κ1) is 17.2. The summed E-state index contributed by atoms with van der Waals surface area (Å²) in [6, 6.07) is 3.96. The third kappa shape index (κ3) is 3.55. The Morgan fingerprint density at radius 2 is 2.12 bits per heavy atom. The fraction of sp³-hybridized carbons (Fsp3) is 0.611. The van der Waals surface area contributed by atoms with Crippen molar-refractivity contribution in [1.82, 2.24) is 15.1 Å². The molecule has 0 aliphatic carbocycles. The van der Waals surface area contributed by atoms with Crippen LogP contribution < -0.4 is 5.32 Å². The molecular formula is C18H27N3O3. The van der Waals surface area contributed by atoms with Crippen molar-refractivity contribution in [2.45, 2.75) is 39.5 Å². The first-order valence-electron chi connectivity index (χ1n) is 8.49. The number of nitrogens with one attached hydrogen (secondary N) is 1. The molecule has 0 saturated carbocycles. The third-order valence-corrected chi connectivity index (χ3v) is 4.77. The van der Waals surface area contributed by atoms with Crippen molar-refractivity contribution in [1.29, 1.82) is 0 Å². The van der Waals surface area contributed by atoms with Crippen LogP contribution >= 0.6 is 0 Å². The Hall–Kier alpha value is -1.63. The third-order valence-electron chi connectivity index (χ3n) is 4.77. The van der Waals surface area contributed by atoms with Crippen molar-refractivity contribution >= 4 is 0 Å². The molecule has 0 aromatic carbocycles. The van der Waals surface area contributed by atoms with Crippen LogP contribution in [0.3, 0.4) is 0 Å². The van der Waals surface area contributed by atoms with E-state index in [9.17, 15) is 0 Å². The molecule has 1 aliphatic rings. The summed E-state index contributed by atoms with van der Waals surface area (Å²) in [4.78, 5) is 0. The van der Waals surface area contributed by atoms with Crippen LogP contribution in [-0.4, -0.2) is 30.0 Å². The van der Waals surface area contributed by atoms with Gasteiger partial charge in [0.2, 0.25) is 0 Å². The number of hydrogen-bond acceptors (Lipinski definition) is 5. The maximum Gasteiger partial charge on any atom is 0.129 e. The van der Waals surface area contributed by atoms with Gasteiger partial charge in [-0.25, -0.2) is 0 Å². The summed E-state index contributed by atoms with van der Waals surface area (Å²) < 4.78 is 18.8. The summed E-state index contributed by atoms with van der Waals surface area (Å²) in [5, 5.41) is 8.03. The van der Waals surface area contributed by atoms with Crippen LogP contribution in [0.4, 0.5) is 0 Å². The molecule has 0 bridgehead atoms. The van der Waals surface area contributed by atoms with Crippen molar-refractivity contribution in [3.63, 3.8) is 0 Å². The molecule has 1 N–H and O–H groups in total. The molecule has 6 nitrogen and oxygen atoms in total. The highest BCUT2D eigenvalue weighted by molar-refractivity contribution is 5.28. The fourth-order valence-corrected chi connectivity index (χ4v) is 3.48. The zero-order valence-corrected chi connectivity index (χ0v) is 15.0. The summed E-state index contributed by atoms with van der Waals surface area (Å²) in [6.07, 6.45) is 1.20. The summed E-state index contributed by atoms with van der Waals surface area (Å²) in [7, 11) is 3.66. The van der Waals surface area contributed by atoms with Gasteiger partial charge in [0.05, 0.1) is 18.3 Å². The summed E-state index contributed by atoms with van der Waals surface area (Å²) in [5.74, 6) is 2.25. The smallest absolute Gasteiger partial charge is 0.129 e. The predicted octanol–water partition coefficient (Wildman–Crippen LogP) is 2.64. The highest BCUT2D eigenvalue weighted by Gasteiger charge is 2.33. The predicted molar refractivity (Wildman–Crippen MR) is 90.6 cm³/mol. The lowest BCUT2D eigenvalue weighted by atomic mass is 9.94. The van der Waals surface area contributed by atoms with Crippen LogP contribution in [0, 0.1) is 19.8 Å². The molecule has 1 aliphatic heterocycles. The van der Waals surface area contributed by atoms with E-state index in [1.807, 2.05) is 23.9 Å². The molecule has 2 aromatic heterocycles. The molecular weight excluding hydrogens is 306 g/mol. The van der Waals surface area contributed by atoms with Gasteiger partial charge in [-0.05, 0) is 32.4 Å². The Bertz CT molecular complexity index is 677. The normalized spacial score (nSPS) is 20.8. The summed E-state index contributed by atoms with van der Waals surface area (Å²) in [5.41, 5.74) is 3.52. The van der Waals surface area contributed by atoms with E-state index in [-0.39, 0.29) is 6.10 Å². The van der Waals surface area contributed by atoms with E-state index in [1.165, 1.54) is 11.3 Å². The number of ether oxygens (including phenoxy) is 2. The van der Waals surface area contributed by atoms with Gasteiger partial charge in [0, 0.05) is 44.5 Å². The van der Waals surface area contributed by atoms with Gasteiger partial charge >= 0.3 is 0 Å². The van der Waals surface area contributed by atoms with Gasteiger partial charge in [-0.3, -0.25) is 4.68 Å². The molecule has 0 unspecified atom stereocenters. The molecule has 0 radical (unpaired) electrons. The van der Waals surface area contributed by atoms with Crippen molar-refractivity contribution in [2.24, 2.45) is 13.0 Å². The van der Waals surface area contributed by atoms with E-state index in [2.05, 4.69) is 24.3 Å². The number of nitrogens with zero attached hydrogens (tertiary/aromatic N) is 2. The van der Waals surface area contributed by atoms with Crippen LogP contribution in [0.15, 0.2) is 16.5 Å². The Balaban J connectivity index is 1.58. The second-order valence-electron chi connectivity index (χ2n) is 6.48. The van der Waals surface area contributed by atoms with Gasteiger partial charge in [-0.2, -0.15) is 5.10 Å². The van der Waals surface area contributed by atoms with Crippen molar-refractivity contribution in [3.8, 4) is 0 Å². The molecule has 3 heterocycles. The quantitative estimate of drug-likeness (QED) is 0.844. The molecule has 6 heteroatoms. The van der Waals surface area contributed by atoms with Gasteiger partial charge in [0.25, 0.3) is 0 Å². The molecule has 1 saturated heterocycles. The highest BCUT2D eigenvalue weighted by Crippen LogP contribution is 2.37. The fourth-order valence-electron chi connectivity index (χ4n) is 3.48. The van der Waals surface area contributed by atoms with Crippen LogP contribution in [0.2, 0.25) is 0 Å². The lowest BCUT2D eigenvalue weighted by Gasteiger charge is -2.19. The number of furan rings is 1. The molecule has 0 spiro atoms. The lowest BCUT2D eigenvalue weighted by Crippen LogP contribution is -2.25. The lowest BCUT2D eigenvalue weighted by molar-refractivity contribution is 0.0892. The van der Waals surface area contributed by atoms with E-state index >= 15 is 0 Å². The second-order valence-corrected chi connectivity index (χ2v) is 6.48. The van der Waals surface area contributed by atoms with Crippen molar-refractivity contribution in [3.05, 3.63) is 40.6 Å². The standard InChI is InChI=1S/C18H27N3O3/c1-12-17(13(2)21(3)20-12)18-14(7-8-23-18)9-19-10-15-5-6-16(24-15)11-22-4/h5-6,14,18-19H,7-11H2,1-4H3/t14-,18+/m1/s1. The Kier molecular flexibility index (Phi) is 5.38. The molecule has 132 valence electrons. The number of aryl methyl sites for hydroxylation is 2. The second kappa shape index (κ2) is 7.51. The minimum Gasteiger partial charge on any atom is -0.462 e. The van der Waals surface area contributed by atoms with E-state index in [4.69, 9.17) is 13.9 Å². The maximum absolute atomic E-state index is 6.03. The van der Waals surface area contributed by atoms with Crippen molar-refractivity contribution < 1.29 is 13.9 Å². The molecule has 24 heavy (non-hydrogen) atoms. The Morgan fingerprint density at radius 3 is 2.83 bits per heavy atom. The van der Waals surface area contributed by atoms with Gasteiger partial charge < -0.3 is 19.2 Å². The monoisotopic (exact) mass is 333 g/mol. The average Bonchev–Trinajstić information content (AvgIpc) is 3.23. The average molecular weight is 333 g/mol. The van der Waals surface area contributed by atoms with Crippen LogP contribution in [-0.2, 0) is 29.7 Å². The topological polar surface area (TPSA) is 61.4 Å².